The normalized spacial score (nSPS) is 12.3. The van der Waals surface area contributed by atoms with E-state index in [9.17, 15) is 9.18 Å². The Labute approximate surface area is 159 Å². The maximum atomic E-state index is 13.3. The summed E-state index contributed by atoms with van der Waals surface area (Å²) < 4.78 is 20.7. The highest BCUT2D eigenvalue weighted by Gasteiger charge is 2.23. The number of benzene rings is 2. The molecule has 0 spiro atoms. The van der Waals surface area contributed by atoms with Crippen LogP contribution in [0.4, 0.5) is 4.39 Å². The minimum Gasteiger partial charge on any atom is -0.451 e. The van der Waals surface area contributed by atoms with Crippen molar-refractivity contribution in [1.29, 1.82) is 0 Å². The average Bonchev–Trinajstić information content (AvgIpc) is 3.26. The number of nitrogens with zero attached hydrogens (tertiary/aromatic N) is 2. The lowest BCUT2D eigenvalue weighted by Gasteiger charge is -2.18. The number of nitrogens with one attached hydrogen (secondary N) is 1. The van der Waals surface area contributed by atoms with Crippen molar-refractivity contribution in [3.05, 3.63) is 88.9 Å². The molecule has 4 aromatic rings. The van der Waals surface area contributed by atoms with Crippen LogP contribution in [-0.4, -0.2) is 15.5 Å². The van der Waals surface area contributed by atoms with E-state index in [4.69, 9.17) is 16.0 Å². The predicted molar refractivity (Wildman–Crippen MR) is 100 cm³/mol. The number of aromatic nitrogens is 2. The van der Waals surface area contributed by atoms with Crippen molar-refractivity contribution < 1.29 is 13.6 Å². The summed E-state index contributed by atoms with van der Waals surface area (Å²) in [4.78, 5) is 17.1. The molecule has 0 aliphatic heterocycles. The van der Waals surface area contributed by atoms with Gasteiger partial charge in [-0.15, -0.1) is 0 Å². The Morgan fingerprint density at radius 3 is 2.70 bits per heavy atom. The second kappa shape index (κ2) is 6.89. The lowest BCUT2D eigenvalue weighted by molar-refractivity contribution is 0.0915. The minimum atomic E-state index is -0.560. The summed E-state index contributed by atoms with van der Waals surface area (Å²) in [5.74, 6) is 0.0279. The number of imidazole rings is 1. The predicted octanol–water partition coefficient (Wildman–Crippen LogP) is 4.48. The molecule has 2 aromatic heterocycles. The van der Waals surface area contributed by atoms with Crippen LogP contribution in [-0.2, 0) is 7.05 Å². The molecule has 27 heavy (non-hydrogen) atoms. The van der Waals surface area contributed by atoms with Gasteiger partial charge in [-0.3, -0.25) is 4.79 Å². The molecule has 0 saturated heterocycles. The summed E-state index contributed by atoms with van der Waals surface area (Å²) in [7, 11) is 1.83. The average molecular weight is 384 g/mol. The van der Waals surface area contributed by atoms with Gasteiger partial charge in [0.1, 0.15) is 23.3 Å². The molecule has 2 heterocycles. The van der Waals surface area contributed by atoms with Gasteiger partial charge in [0, 0.05) is 29.9 Å². The highest BCUT2D eigenvalue weighted by molar-refractivity contribution is 6.31. The van der Waals surface area contributed by atoms with Crippen molar-refractivity contribution in [2.24, 2.45) is 7.05 Å². The quantitative estimate of drug-likeness (QED) is 0.565. The highest BCUT2D eigenvalue weighted by atomic mass is 35.5. The van der Waals surface area contributed by atoms with Crippen LogP contribution in [0.5, 0.6) is 0 Å². The van der Waals surface area contributed by atoms with E-state index >= 15 is 0 Å². The molecule has 0 aliphatic carbocycles. The van der Waals surface area contributed by atoms with Crippen molar-refractivity contribution in [2.45, 2.75) is 6.04 Å². The first-order chi connectivity index (χ1) is 13.0. The van der Waals surface area contributed by atoms with Gasteiger partial charge in [-0.2, -0.15) is 0 Å². The van der Waals surface area contributed by atoms with Gasteiger partial charge in [-0.1, -0.05) is 23.7 Å². The van der Waals surface area contributed by atoms with Crippen molar-refractivity contribution in [2.75, 3.05) is 0 Å². The van der Waals surface area contributed by atoms with Gasteiger partial charge in [0.25, 0.3) is 5.91 Å². The number of carbonyl (C=O) groups is 1. The Morgan fingerprint density at radius 1 is 1.22 bits per heavy atom. The van der Waals surface area contributed by atoms with E-state index in [-0.39, 0.29) is 11.6 Å². The van der Waals surface area contributed by atoms with E-state index in [0.717, 1.165) is 5.39 Å². The Bertz CT molecular complexity index is 1120. The van der Waals surface area contributed by atoms with Crippen molar-refractivity contribution in [1.82, 2.24) is 14.9 Å². The Morgan fingerprint density at radius 2 is 2.00 bits per heavy atom. The molecule has 136 valence electrons. The third-order valence-electron chi connectivity index (χ3n) is 4.30. The van der Waals surface area contributed by atoms with Gasteiger partial charge in [0.15, 0.2) is 5.76 Å². The first-order valence-corrected chi connectivity index (χ1v) is 8.62. The van der Waals surface area contributed by atoms with E-state index in [1.54, 1.807) is 53.4 Å². The van der Waals surface area contributed by atoms with Gasteiger partial charge in [-0.25, -0.2) is 9.37 Å². The first-order valence-electron chi connectivity index (χ1n) is 8.24. The van der Waals surface area contributed by atoms with E-state index in [0.29, 0.717) is 22.0 Å². The second-order valence-corrected chi connectivity index (χ2v) is 6.58. The zero-order valence-corrected chi connectivity index (χ0v) is 15.1. The highest BCUT2D eigenvalue weighted by Crippen LogP contribution is 2.25. The minimum absolute atomic E-state index is 0.161. The standard InChI is InChI=1S/C20H15ClFN3O2/c1-25-9-8-23-19(25)18(12-2-5-15(22)6-3-12)24-20(26)17-11-13-10-14(21)4-7-16(13)27-17/h2-11,18H,1H3,(H,24,26). The number of hydrogen-bond donors (Lipinski definition) is 1. The van der Waals surface area contributed by atoms with Crippen LogP contribution in [0.2, 0.25) is 5.02 Å². The molecule has 1 N–H and O–H groups in total. The number of carbonyl (C=O) groups excluding carboxylic acids is 1. The molecule has 0 fully saturated rings. The van der Waals surface area contributed by atoms with Gasteiger partial charge < -0.3 is 14.3 Å². The number of furan rings is 1. The summed E-state index contributed by atoms with van der Waals surface area (Å²) in [6.45, 7) is 0. The van der Waals surface area contributed by atoms with Crippen LogP contribution in [0, 0.1) is 5.82 Å². The van der Waals surface area contributed by atoms with Crippen molar-refractivity contribution in [3.63, 3.8) is 0 Å². The molecule has 5 nitrogen and oxygen atoms in total. The van der Waals surface area contributed by atoms with Crippen LogP contribution >= 0.6 is 11.6 Å². The van der Waals surface area contributed by atoms with Crippen LogP contribution in [0.1, 0.15) is 28.0 Å². The Hall–Kier alpha value is -3.12. The van der Waals surface area contributed by atoms with Crippen LogP contribution in [0.3, 0.4) is 0 Å². The largest absolute Gasteiger partial charge is 0.451 e. The summed E-state index contributed by atoms with van der Waals surface area (Å²) in [5.41, 5.74) is 1.28. The number of amides is 1. The summed E-state index contributed by atoms with van der Waals surface area (Å²) in [6.07, 6.45) is 3.42. The zero-order chi connectivity index (χ0) is 19.0. The van der Waals surface area contributed by atoms with Gasteiger partial charge in [-0.05, 0) is 42.0 Å². The molecular weight excluding hydrogens is 369 g/mol. The number of fused-ring (bicyclic) bond motifs is 1. The number of halogens is 2. The van der Waals surface area contributed by atoms with Gasteiger partial charge >= 0.3 is 0 Å². The van der Waals surface area contributed by atoms with Crippen molar-refractivity contribution >= 4 is 28.5 Å². The van der Waals surface area contributed by atoms with Gasteiger partial charge in [0.2, 0.25) is 0 Å². The molecule has 1 amide bonds. The molecule has 0 aliphatic rings. The monoisotopic (exact) mass is 383 g/mol. The first kappa shape index (κ1) is 17.3. The molecule has 1 unspecified atom stereocenters. The van der Waals surface area contributed by atoms with Crippen LogP contribution in [0.25, 0.3) is 11.0 Å². The molecule has 0 radical (unpaired) electrons. The Balaban J connectivity index is 1.68. The Kier molecular flexibility index (Phi) is 4.41. The third kappa shape index (κ3) is 3.44. The van der Waals surface area contributed by atoms with E-state index < -0.39 is 11.9 Å². The summed E-state index contributed by atoms with van der Waals surface area (Å²) in [5, 5.41) is 4.22. The maximum absolute atomic E-state index is 13.3. The third-order valence-corrected chi connectivity index (χ3v) is 4.53. The molecule has 7 heteroatoms. The number of aryl methyl sites for hydroxylation is 1. The maximum Gasteiger partial charge on any atom is 0.287 e. The SMILES string of the molecule is Cn1ccnc1C(NC(=O)c1cc2cc(Cl)ccc2o1)c1ccc(F)cc1. The van der Waals surface area contributed by atoms with Crippen molar-refractivity contribution in [3.8, 4) is 0 Å². The fourth-order valence-corrected chi connectivity index (χ4v) is 3.12. The molecule has 2 aromatic carbocycles. The fourth-order valence-electron chi connectivity index (χ4n) is 2.94. The van der Waals surface area contributed by atoms with Gasteiger partial charge in [0.05, 0.1) is 0 Å². The second-order valence-electron chi connectivity index (χ2n) is 6.15. The molecule has 0 saturated carbocycles. The molecule has 0 bridgehead atoms. The van der Waals surface area contributed by atoms with E-state index in [1.165, 1.54) is 12.1 Å². The summed E-state index contributed by atoms with van der Waals surface area (Å²) in [6, 6.07) is 12.1. The molecule has 4 rings (SSSR count). The lowest BCUT2D eigenvalue weighted by Crippen LogP contribution is -2.30. The molecule has 1 atom stereocenters. The lowest BCUT2D eigenvalue weighted by atomic mass is 10.1. The fraction of sp³-hybridized carbons (Fsp3) is 0.100. The smallest absolute Gasteiger partial charge is 0.287 e. The van der Waals surface area contributed by atoms with Crippen LogP contribution < -0.4 is 5.32 Å². The van der Waals surface area contributed by atoms with E-state index in [1.807, 2.05) is 7.05 Å². The topological polar surface area (TPSA) is 60.1 Å². The molecular formula is C20H15ClFN3O2. The van der Waals surface area contributed by atoms with E-state index in [2.05, 4.69) is 10.3 Å². The number of hydrogen-bond acceptors (Lipinski definition) is 3. The summed E-state index contributed by atoms with van der Waals surface area (Å²) >= 11 is 5.99. The van der Waals surface area contributed by atoms with Crippen LogP contribution in [0.15, 0.2) is 65.3 Å². The number of rotatable bonds is 4. The zero-order valence-electron chi connectivity index (χ0n) is 14.3.